The van der Waals surface area contributed by atoms with Crippen LogP contribution >= 0.6 is 0 Å². The summed E-state index contributed by atoms with van der Waals surface area (Å²) < 4.78 is 86.9. The zero-order chi connectivity index (χ0) is 70.8. The molecular weight excluding hydrogens is 1310 g/mol. The van der Waals surface area contributed by atoms with Gasteiger partial charge < -0.3 is 194 Å². The third-order valence-corrected chi connectivity index (χ3v) is 17.7. The highest BCUT2D eigenvalue weighted by molar-refractivity contribution is 5.74. The summed E-state index contributed by atoms with van der Waals surface area (Å²) in [5, 5.41) is 236. The molecule has 24 N–H and O–H groups in total. The van der Waals surface area contributed by atoms with Gasteiger partial charge in [-0.05, 0) is 13.8 Å². The number of rotatable bonds is 23. The van der Waals surface area contributed by atoms with Crippen molar-refractivity contribution in [3.63, 3.8) is 0 Å². The number of hydrogen-bond acceptors (Lipinski definition) is 39. The Bertz CT molecular complexity index is 2480. The molecule has 556 valence electrons. The smallest absolute Gasteiger partial charge is 0.217 e. The second-order valence-corrected chi connectivity index (χ2v) is 24.7. The first-order valence-corrected chi connectivity index (χ1v) is 30.8. The fourth-order valence-electron chi connectivity index (χ4n) is 12.3. The Morgan fingerprint density at radius 2 is 0.594 bits per heavy atom. The van der Waals surface area contributed by atoms with Crippen LogP contribution in [0.4, 0.5) is 0 Å². The van der Waals surface area contributed by atoms with E-state index < -0.39 is 303 Å². The van der Waals surface area contributed by atoms with Crippen molar-refractivity contribution in [2.24, 2.45) is 0 Å². The maximum absolute atomic E-state index is 12.8. The molecular formula is C54H91N3O39. The molecule has 0 saturated carbocycles. The predicted molar refractivity (Wildman–Crippen MR) is 296 cm³/mol. The number of nitrogens with one attached hydrogen (secondary N) is 3. The molecule has 96 heavy (non-hydrogen) atoms. The molecule has 8 saturated heterocycles. The number of amides is 3. The van der Waals surface area contributed by atoms with E-state index in [2.05, 4.69) is 16.0 Å². The molecule has 8 aliphatic heterocycles. The molecule has 0 aromatic rings. The van der Waals surface area contributed by atoms with E-state index in [0.29, 0.717) is 0 Å². The highest BCUT2D eigenvalue weighted by Crippen LogP contribution is 2.37. The van der Waals surface area contributed by atoms with Crippen LogP contribution in [-0.2, 0) is 85.4 Å². The summed E-state index contributed by atoms with van der Waals surface area (Å²) >= 11 is 0. The topological polar surface area (TPSA) is 651 Å². The quantitative estimate of drug-likeness (QED) is 0.0452. The van der Waals surface area contributed by atoms with Gasteiger partial charge in [-0.2, -0.15) is 0 Å². The van der Waals surface area contributed by atoms with Crippen LogP contribution < -0.4 is 16.0 Å². The van der Waals surface area contributed by atoms with Crippen molar-refractivity contribution in [2.45, 2.75) is 280 Å². The van der Waals surface area contributed by atoms with Gasteiger partial charge in [0.2, 0.25) is 17.7 Å². The Hall–Kier alpha value is -3.03. The van der Waals surface area contributed by atoms with E-state index >= 15 is 0 Å². The highest BCUT2D eigenvalue weighted by atomic mass is 16.8. The number of aliphatic hydroxyl groups excluding tert-OH is 21. The maximum Gasteiger partial charge on any atom is 0.217 e. The van der Waals surface area contributed by atoms with Gasteiger partial charge in [0.05, 0.1) is 51.8 Å². The van der Waals surface area contributed by atoms with E-state index in [-0.39, 0.29) is 0 Å². The molecule has 8 aliphatic rings. The summed E-state index contributed by atoms with van der Waals surface area (Å²) in [4.78, 5) is 37.7. The molecule has 8 heterocycles. The van der Waals surface area contributed by atoms with Gasteiger partial charge in [-0.15, -0.1) is 0 Å². The van der Waals surface area contributed by atoms with Crippen LogP contribution in [-0.4, -0.2) is 410 Å². The van der Waals surface area contributed by atoms with E-state index in [4.69, 9.17) is 71.1 Å². The molecule has 8 rings (SSSR count). The number of carbonyl (C=O) groups is 3. The lowest BCUT2D eigenvalue weighted by molar-refractivity contribution is -0.381. The third-order valence-electron chi connectivity index (χ3n) is 17.7. The van der Waals surface area contributed by atoms with Gasteiger partial charge in [-0.3, -0.25) is 14.4 Å². The molecule has 0 radical (unpaired) electrons. The van der Waals surface area contributed by atoms with Crippen molar-refractivity contribution in [1.29, 1.82) is 0 Å². The van der Waals surface area contributed by atoms with Gasteiger partial charge in [0.25, 0.3) is 0 Å². The van der Waals surface area contributed by atoms with Crippen molar-refractivity contribution in [1.82, 2.24) is 16.0 Å². The number of ether oxygens (including phenoxy) is 15. The molecule has 0 aromatic heterocycles. The Morgan fingerprint density at radius 1 is 0.292 bits per heavy atom. The van der Waals surface area contributed by atoms with E-state index in [1.165, 1.54) is 13.8 Å². The lowest BCUT2D eigenvalue weighted by Gasteiger charge is -2.50. The van der Waals surface area contributed by atoms with Gasteiger partial charge in [0.1, 0.15) is 183 Å². The second-order valence-electron chi connectivity index (χ2n) is 24.7. The number of carbonyl (C=O) groups excluding carboxylic acids is 3. The predicted octanol–water partition coefficient (Wildman–Crippen LogP) is -16.0. The Balaban J connectivity index is 0.962. The molecule has 0 aliphatic carbocycles. The average Bonchev–Trinajstić information content (AvgIpc) is 0.783. The van der Waals surface area contributed by atoms with E-state index in [9.17, 15) is 122 Å². The molecule has 3 amide bonds. The molecule has 1 unspecified atom stereocenters. The van der Waals surface area contributed by atoms with E-state index in [1.54, 1.807) is 0 Å². The summed E-state index contributed by atoms with van der Waals surface area (Å²) in [5.41, 5.74) is 0. The molecule has 0 aromatic carbocycles. The Morgan fingerprint density at radius 3 is 1.00 bits per heavy atom. The van der Waals surface area contributed by atoms with Crippen LogP contribution in [0.5, 0.6) is 0 Å². The summed E-state index contributed by atoms with van der Waals surface area (Å²) in [7, 11) is 0. The minimum Gasteiger partial charge on any atom is -0.394 e. The Kier molecular flexibility index (Phi) is 27.7. The van der Waals surface area contributed by atoms with Crippen molar-refractivity contribution < 1.29 is 193 Å². The van der Waals surface area contributed by atoms with Gasteiger partial charge in [0, 0.05) is 20.8 Å². The highest BCUT2D eigenvalue weighted by Gasteiger charge is 2.58. The molecule has 40 atom stereocenters. The van der Waals surface area contributed by atoms with Crippen molar-refractivity contribution in [3.8, 4) is 0 Å². The molecule has 42 nitrogen and oxygen atoms in total. The molecule has 0 spiro atoms. The summed E-state index contributed by atoms with van der Waals surface area (Å²) in [6.45, 7) is 0.0996. The van der Waals surface area contributed by atoms with Crippen LogP contribution in [0.2, 0.25) is 0 Å². The number of aliphatic hydroxyl groups is 21. The van der Waals surface area contributed by atoms with Crippen molar-refractivity contribution >= 4 is 17.7 Å². The molecule has 42 heteroatoms. The first-order chi connectivity index (χ1) is 45.2. The first kappa shape index (κ1) is 78.7. The van der Waals surface area contributed by atoms with Gasteiger partial charge in [-0.25, -0.2) is 0 Å². The van der Waals surface area contributed by atoms with E-state index in [1.807, 2.05) is 0 Å². The largest absolute Gasteiger partial charge is 0.394 e. The average molecular weight is 1410 g/mol. The minimum atomic E-state index is -2.24. The summed E-state index contributed by atoms with van der Waals surface area (Å²) in [5.74, 6) is -2.52. The lowest BCUT2D eigenvalue weighted by atomic mass is 9.94. The minimum absolute atomic E-state index is 0.733. The fourth-order valence-corrected chi connectivity index (χ4v) is 12.3. The third kappa shape index (κ3) is 17.4. The zero-order valence-corrected chi connectivity index (χ0v) is 52.1. The number of hydrogen-bond donors (Lipinski definition) is 24. The SMILES string of the molecule is CC(=O)N[C@H]1[C@H](O[C@H]2[C@H](O)[C@@H](NC(C)=O)C(O)O[C@@H]2CO[C@@H]2O[C@@H](C)[C@@H](O)[C@@H](O)[C@@H]2O)O[C@H](CO)[C@@H](O[C@@H]2O[C@H](CO[C@H]3O[C@H](CO)[C@@H](O)[C@H](O)[C@@H]3O[C@@H]3O[C@H](CO)[C@@H](O[C@@H]4O[C@H](CO[C@@H]5O[C@@H](C)[C@@H](O)[C@@H](O)[C@@H]5O)[C@H](O)[C@H](O)[C@H]4O)[C@H](O)[C@H]3NC(C)=O)[C@@H](O)[C@H](O)[C@@H]2O)[C@@H]1O. The maximum atomic E-state index is 12.8. The van der Waals surface area contributed by atoms with Crippen LogP contribution in [0.25, 0.3) is 0 Å². The lowest BCUT2D eigenvalue weighted by Crippen LogP contribution is -2.70. The van der Waals surface area contributed by atoms with Crippen molar-refractivity contribution in [2.75, 3.05) is 39.6 Å². The monoisotopic (exact) mass is 1410 g/mol. The van der Waals surface area contributed by atoms with E-state index in [0.717, 1.165) is 20.8 Å². The fraction of sp³-hybridized carbons (Fsp3) is 0.944. The van der Waals surface area contributed by atoms with Gasteiger partial charge >= 0.3 is 0 Å². The molecule has 8 fully saturated rings. The molecule has 0 bridgehead atoms. The van der Waals surface area contributed by atoms with Crippen LogP contribution in [0.15, 0.2) is 0 Å². The second kappa shape index (κ2) is 33.8. The van der Waals surface area contributed by atoms with Crippen LogP contribution in [0.3, 0.4) is 0 Å². The van der Waals surface area contributed by atoms with Gasteiger partial charge in [-0.1, -0.05) is 0 Å². The summed E-state index contributed by atoms with van der Waals surface area (Å²) in [6, 6.07) is -5.28. The first-order valence-electron chi connectivity index (χ1n) is 30.8. The Labute approximate surface area is 545 Å². The van der Waals surface area contributed by atoms with Crippen LogP contribution in [0.1, 0.15) is 34.6 Å². The van der Waals surface area contributed by atoms with Crippen LogP contribution in [0, 0.1) is 0 Å². The van der Waals surface area contributed by atoms with Crippen molar-refractivity contribution in [3.05, 3.63) is 0 Å². The standard InChI is InChI=1S/C54H91N3O39/c1-12-26(64)34(72)39(77)50(85-12)82-9-20-29(67)36(74)41(79)52(91-20)95-44-19(8-60)90-49(25(33(44)71)57-16(5)63)96-46-38(76)28(66)17(6-58)88-54(46)84-10-21-30(68)37(75)42(80)53(92-21)94-43-18(7-59)89-48(24(32(43)70)56-15(4)62)93-45-22(87-47(81)23(31(45)69)55-14(3)61)11-83-51-40(78)35(73)27(65)13(2)86-51/h12-13,17-54,58-60,64-81H,6-11H2,1-5H3,(H,55,61)(H,56,62)(H,57,63)/t12-,13-,17+,18+,19+,20+,21+,22+,23+,24+,25+,26+,27+,28+,29-,30+,31+,32+,33+,34+,35+,36-,37-,38-,39-,40-,41+,42-,43+,44+,45+,46-,47?,48-,49-,50+,51+,52-,53-,54-/m0/s1. The normalized spacial score (nSPS) is 50.3. The zero-order valence-electron chi connectivity index (χ0n) is 52.1. The van der Waals surface area contributed by atoms with Gasteiger partial charge in [0.15, 0.2) is 50.3 Å². The summed E-state index contributed by atoms with van der Waals surface area (Å²) in [6.07, 6.45) is -68.8.